The van der Waals surface area contributed by atoms with Gasteiger partial charge in [-0.15, -0.1) is 0 Å². The Morgan fingerprint density at radius 3 is 1.96 bits per heavy atom. The molecule has 0 aromatic heterocycles. The summed E-state index contributed by atoms with van der Waals surface area (Å²) in [7, 11) is 0. The van der Waals surface area contributed by atoms with Crippen molar-refractivity contribution in [2.24, 2.45) is 28.1 Å². The molecular formula is C40H51NO6S. The molecule has 8 atom stereocenters. The zero-order valence-corrected chi connectivity index (χ0v) is 30.6. The van der Waals surface area contributed by atoms with Crippen LogP contribution in [-0.2, 0) is 19.8 Å². The van der Waals surface area contributed by atoms with Crippen LogP contribution < -0.4 is 14.8 Å². The van der Waals surface area contributed by atoms with Gasteiger partial charge in [0.1, 0.15) is 0 Å². The Balaban J connectivity index is 1.48. The van der Waals surface area contributed by atoms with Gasteiger partial charge in [-0.2, -0.15) is 0 Å². The van der Waals surface area contributed by atoms with Crippen LogP contribution in [0.4, 0.5) is 0 Å². The number of amides is 1. The molecular weight excluding hydrogens is 623 g/mol. The standard InChI is InChI=1S/C40H51NO6S/c1-24(42)41-37(5)16-14-36(4)15-18-39(7)33-22-32(48-35(45)27-12-10-9-11-13-27)28-20-30(46-25(2)43)31(47-26(3)44)21-29(28)38(33,6)17-19-40(39,8)34(36)23-37/h9-13,20-21,32-34H,14-19,22-23H2,1-8H3,(H,41,42)/t32?,33?,34-,36-,37-,38+,39-,40+/m1/s1. The fourth-order valence-corrected chi connectivity index (χ4v) is 12.0. The van der Waals surface area contributed by atoms with E-state index in [2.05, 4.69) is 39.9 Å². The predicted molar refractivity (Wildman–Crippen MR) is 188 cm³/mol. The molecule has 1 N–H and O–H groups in total. The number of carbonyl (C=O) groups is 4. The number of thioether (sulfide) groups is 1. The normalized spacial score (nSPS) is 36.7. The molecule has 8 heteroatoms. The van der Waals surface area contributed by atoms with Crippen molar-refractivity contribution in [3.8, 4) is 11.5 Å². The van der Waals surface area contributed by atoms with Crippen molar-refractivity contribution < 1.29 is 28.7 Å². The SMILES string of the molecule is CC(=O)N[C@]1(C)CC[C@]2(C)CC[C@]3(C)C4CC(SC(=O)c5ccccc5)c5cc(OC(C)=O)c(OC(C)=O)cc5[C@]4(C)CC[C@@]3(C)[C@@H]2C1. The third-order valence-corrected chi connectivity index (χ3v) is 14.7. The Kier molecular flexibility index (Phi) is 8.70. The summed E-state index contributed by atoms with van der Waals surface area (Å²) in [5.41, 5.74) is 2.37. The molecule has 2 aromatic carbocycles. The minimum Gasteiger partial charge on any atom is -0.423 e. The van der Waals surface area contributed by atoms with Crippen molar-refractivity contribution in [3.63, 3.8) is 0 Å². The summed E-state index contributed by atoms with van der Waals surface area (Å²) < 4.78 is 11.3. The average molecular weight is 674 g/mol. The van der Waals surface area contributed by atoms with E-state index in [1.807, 2.05) is 42.5 Å². The lowest BCUT2D eigenvalue weighted by molar-refractivity contribution is -0.206. The molecule has 0 radical (unpaired) electrons. The first-order valence-corrected chi connectivity index (χ1v) is 18.4. The maximum atomic E-state index is 13.8. The van der Waals surface area contributed by atoms with Gasteiger partial charge in [-0.05, 0) is 115 Å². The summed E-state index contributed by atoms with van der Waals surface area (Å²) in [5.74, 6) is 0.157. The van der Waals surface area contributed by atoms with Crippen molar-refractivity contribution in [2.75, 3.05) is 0 Å². The number of hydrogen-bond acceptors (Lipinski definition) is 7. The number of ether oxygens (including phenoxy) is 2. The maximum absolute atomic E-state index is 13.8. The van der Waals surface area contributed by atoms with Crippen LogP contribution in [0.15, 0.2) is 42.5 Å². The van der Waals surface area contributed by atoms with Gasteiger partial charge < -0.3 is 14.8 Å². The highest BCUT2D eigenvalue weighted by molar-refractivity contribution is 8.14. The Morgan fingerprint density at radius 2 is 1.33 bits per heavy atom. The number of rotatable bonds is 5. The van der Waals surface area contributed by atoms with Gasteiger partial charge in [0, 0.05) is 37.1 Å². The minimum absolute atomic E-state index is 0.00606. The molecule has 0 aliphatic heterocycles. The molecule has 0 heterocycles. The lowest BCUT2D eigenvalue weighted by Gasteiger charge is -2.72. The fraction of sp³-hybridized carbons (Fsp3) is 0.600. The first-order valence-electron chi connectivity index (χ1n) is 17.5. The van der Waals surface area contributed by atoms with Gasteiger partial charge in [0.05, 0.1) is 0 Å². The van der Waals surface area contributed by atoms with Crippen LogP contribution in [0.1, 0.15) is 133 Å². The van der Waals surface area contributed by atoms with Crippen molar-refractivity contribution in [1.82, 2.24) is 5.32 Å². The number of esters is 2. The molecule has 2 unspecified atom stereocenters. The van der Waals surface area contributed by atoms with Gasteiger partial charge in [0.15, 0.2) is 11.5 Å². The summed E-state index contributed by atoms with van der Waals surface area (Å²) in [4.78, 5) is 50.6. The second-order valence-electron chi connectivity index (χ2n) is 16.5. The number of fused-ring (bicyclic) bond motifs is 7. The van der Waals surface area contributed by atoms with Crippen LogP contribution >= 0.6 is 11.8 Å². The average Bonchev–Trinajstić information content (AvgIpc) is 3.00. The zero-order chi connectivity index (χ0) is 34.9. The highest BCUT2D eigenvalue weighted by atomic mass is 32.2. The van der Waals surface area contributed by atoms with Crippen LogP contribution in [-0.4, -0.2) is 28.5 Å². The summed E-state index contributed by atoms with van der Waals surface area (Å²) in [6.07, 6.45) is 8.04. The molecule has 0 saturated heterocycles. The summed E-state index contributed by atoms with van der Waals surface area (Å²) in [6, 6.07) is 13.2. The van der Waals surface area contributed by atoms with E-state index in [9.17, 15) is 19.2 Å². The minimum atomic E-state index is -0.502. The Bertz CT molecular complexity index is 1660. The van der Waals surface area contributed by atoms with E-state index in [1.54, 1.807) is 6.92 Å². The Labute approximate surface area is 289 Å². The van der Waals surface area contributed by atoms with Crippen molar-refractivity contribution in [1.29, 1.82) is 0 Å². The second kappa shape index (κ2) is 12.0. The largest absolute Gasteiger partial charge is 0.423 e. The molecule has 48 heavy (non-hydrogen) atoms. The first kappa shape index (κ1) is 34.7. The van der Waals surface area contributed by atoms with Gasteiger partial charge in [-0.3, -0.25) is 19.2 Å². The predicted octanol–water partition coefficient (Wildman–Crippen LogP) is 8.73. The van der Waals surface area contributed by atoms with Crippen LogP contribution in [0.5, 0.6) is 11.5 Å². The number of benzene rings is 2. The number of hydrogen-bond donors (Lipinski definition) is 1. The maximum Gasteiger partial charge on any atom is 0.308 e. The molecule has 2 aromatic rings. The lowest BCUT2D eigenvalue weighted by atomic mass is 9.33. The first-order chi connectivity index (χ1) is 22.4. The highest BCUT2D eigenvalue weighted by Gasteiger charge is 2.68. The van der Waals surface area contributed by atoms with Crippen molar-refractivity contribution in [3.05, 3.63) is 59.2 Å². The van der Waals surface area contributed by atoms with Crippen LogP contribution in [0.3, 0.4) is 0 Å². The van der Waals surface area contributed by atoms with Crippen LogP contribution in [0, 0.1) is 28.1 Å². The van der Waals surface area contributed by atoms with Gasteiger partial charge >= 0.3 is 11.9 Å². The molecule has 0 bridgehead atoms. The molecule has 6 rings (SSSR count). The quantitative estimate of drug-likeness (QED) is 0.250. The number of nitrogens with one attached hydrogen (secondary N) is 1. The van der Waals surface area contributed by atoms with Crippen LogP contribution in [0.2, 0.25) is 0 Å². The molecule has 4 aliphatic carbocycles. The lowest BCUT2D eigenvalue weighted by Crippen LogP contribution is -2.67. The zero-order valence-electron chi connectivity index (χ0n) is 29.8. The van der Waals surface area contributed by atoms with Gasteiger partial charge in [0.25, 0.3) is 0 Å². The van der Waals surface area contributed by atoms with E-state index in [4.69, 9.17) is 9.47 Å². The highest BCUT2D eigenvalue weighted by Crippen LogP contribution is 2.76. The summed E-state index contributed by atoms with van der Waals surface area (Å²) >= 11 is 1.35. The smallest absolute Gasteiger partial charge is 0.308 e. The monoisotopic (exact) mass is 673 g/mol. The van der Waals surface area contributed by atoms with E-state index in [1.165, 1.54) is 25.6 Å². The molecule has 3 saturated carbocycles. The third-order valence-electron chi connectivity index (χ3n) is 13.5. The second-order valence-corrected chi connectivity index (χ2v) is 17.7. The molecule has 4 aliphatic rings. The number of carbonyl (C=O) groups excluding carboxylic acids is 4. The Morgan fingerprint density at radius 1 is 0.750 bits per heavy atom. The van der Waals surface area contributed by atoms with E-state index in [0.29, 0.717) is 11.5 Å². The fourth-order valence-electron chi connectivity index (χ4n) is 10.9. The molecule has 7 nitrogen and oxygen atoms in total. The van der Waals surface area contributed by atoms with Gasteiger partial charge in [-0.1, -0.05) is 69.8 Å². The van der Waals surface area contributed by atoms with E-state index < -0.39 is 11.9 Å². The summed E-state index contributed by atoms with van der Waals surface area (Å²) in [5, 5.41) is 3.16. The summed E-state index contributed by atoms with van der Waals surface area (Å²) in [6.45, 7) is 16.4. The van der Waals surface area contributed by atoms with Gasteiger partial charge in [-0.25, -0.2) is 0 Å². The molecule has 1 amide bonds. The Hall–Kier alpha value is -3.13. The molecule has 258 valence electrons. The van der Waals surface area contributed by atoms with Crippen LogP contribution in [0.25, 0.3) is 0 Å². The topological polar surface area (TPSA) is 98.8 Å². The van der Waals surface area contributed by atoms with E-state index >= 15 is 0 Å². The van der Waals surface area contributed by atoms with E-state index in [-0.39, 0.29) is 60.9 Å². The van der Waals surface area contributed by atoms with Gasteiger partial charge in [0.2, 0.25) is 11.0 Å². The van der Waals surface area contributed by atoms with Crippen molar-refractivity contribution in [2.45, 2.75) is 123 Å². The molecule has 0 spiro atoms. The van der Waals surface area contributed by atoms with Crippen molar-refractivity contribution >= 4 is 34.7 Å². The van der Waals surface area contributed by atoms with E-state index in [0.717, 1.165) is 62.5 Å². The molecule has 3 fully saturated rings. The third kappa shape index (κ3) is 5.70.